The number of aromatic nitrogens is 2. The number of anilines is 4. The average Bonchev–Trinajstić information content (AvgIpc) is 2.92. The predicted octanol–water partition coefficient (Wildman–Crippen LogP) is 5.54. The van der Waals surface area contributed by atoms with Crippen molar-refractivity contribution in [3.63, 3.8) is 0 Å². The summed E-state index contributed by atoms with van der Waals surface area (Å²) in [5.74, 6) is 1.13. The quantitative estimate of drug-likeness (QED) is 0.152. The van der Waals surface area contributed by atoms with Gasteiger partial charge < -0.3 is 30.5 Å². The van der Waals surface area contributed by atoms with Gasteiger partial charge in [-0.1, -0.05) is 12.1 Å². The number of aliphatic hydroxyl groups excluding tert-OH is 1. The van der Waals surface area contributed by atoms with E-state index in [2.05, 4.69) is 25.9 Å². The van der Waals surface area contributed by atoms with Gasteiger partial charge in [-0.2, -0.15) is 13.2 Å². The number of nitrogens with one attached hydrogen (secondary N) is 3. The first-order chi connectivity index (χ1) is 18.7. The highest BCUT2D eigenvalue weighted by Gasteiger charge is 2.30. The minimum Gasteiger partial charge on any atom is -0.493 e. The number of hydrogen-bond donors (Lipinski definition) is 4. The van der Waals surface area contributed by atoms with Crippen LogP contribution in [0.25, 0.3) is 11.3 Å². The first kappa shape index (κ1) is 27.2. The number of carbonyl (C=O) groups is 1. The van der Waals surface area contributed by atoms with Crippen LogP contribution in [0.3, 0.4) is 0 Å². The molecule has 0 aliphatic carbocycles. The number of hydrogen-bond acceptors (Lipinski definition) is 9. The number of aliphatic hydroxyl groups is 1. The van der Waals surface area contributed by atoms with E-state index in [4.69, 9.17) is 9.47 Å². The van der Waals surface area contributed by atoms with Crippen molar-refractivity contribution in [1.29, 1.82) is 0 Å². The molecule has 0 saturated carbocycles. The molecule has 202 valence electrons. The number of methoxy groups -OCH3 is 2. The van der Waals surface area contributed by atoms with E-state index in [1.165, 1.54) is 32.5 Å². The van der Waals surface area contributed by atoms with E-state index in [0.717, 1.165) is 17.7 Å². The summed E-state index contributed by atoms with van der Waals surface area (Å²) in [7, 11) is 2.92. The van der Waals surface area contributed by atoms with E-state index >= 15 is 0 Å². The third-order valence-corrected chi connectivity index (χ3v) is 5.54. The van der Waals surface area contributed by atoms with Crippen LogP contribution in [0.15, 0.2) is 73.1 Å². The lowest BCUT2D eigenvalue weighted by atomic mass is 10.1. The molecule has 12 heteroatoms. The van der Waals surface area contributed by atoms with E-state index in [9.17, 15) is 23.1 Å². The fraction of sp³-hybridized carbons (Fsp3) is 0.148. The first-order valence-electron chi connectivity index (χ1n) is 11.5. The zero-order valence-corrected chi connectivity index (χ0v) is 20.8. The molecule has 4 N–H and O–H groups in total. The average molecular weight is 540 g/mol. The second kappa shape index (κ2) is 11.7. The largest absolute Gasteiger partial charge is 0.493 e. The first-order valence-corrected chi connectivity index (χ1v) is 11.5. The molecular weight excluding hydrogens is 515 g/mol. The van der Waals surface area contributed by atoms with Gasteiger partial charge in [0.15, 0.2) is 17.8 Å². The summed E-state index contributed by atoms with van der Waals surface area (Å²) in [6.07, 6.45) is -1.90. The molecule has 0 spiro atoms. The van der Waals surface area contributed by atoms with Gasteiger partial charge in [0, 0.05) is 28.7 Å². The maximum Gasteiger partial charge on any atom is 0.416 e. The molecule has 0 radical (unpaired) electrons. The molecule has 3 aromatic carbocycles. The van der Waals surface area contributed by atoms with Gasteiger partial charge in [0.1, 0.15) is 5.82 Å². The predicted molar refractivity (Wildman–Crippen MR) is 140 cm³/mol. The molecule has 1 atom stereocenters. The zero-order chi connectivity index (χ0) is 28.0. The molecule has 0 fully saturated rings. The van der Waals surface area contributed by atoms with E-state index in [0.29, 0.717) is 51.9 Å². The summed E-state index contributed by atoms with van der Waals surface area (Å²) in [6.45, 7) is 0. The molecule has 1 unspecified atom stereocenters. The summed E-state index contributed by atoms with van der Waals surface area (Å²) in [5.41, 5.74) is 2.25. The SMILES string of the molecule is COc1cc(Nc2cncc(-c3ccc(NC(O)Nc4ccc(C(F)(F)F)cc4)cc3)n2)cc(C=O)c1OC. The van der Waals surface area contributed by atoms with Crippen molar-refractivity contribution in [2.45, 2.75) is 12.5 Å². The van der Waals surface area contributed by atoms with E-state index in [-0.39, 0.29) is 0 Å². The van der Waals surface area contributed by atoms with Crippen LogP contribution in [-0.4, -0.2) is 41.9 Å². The van der Waals surface area contributed by atoms with Crippen molar-refractivity contribution in [3.8, 4) is 22.8 Å². The van der Waals surface area contributed by atoms with Crippen LogP contribution in [-0.2, 0) is 6.18 Å². The number of rotatable bonds is 10. The van der Waals surface area contributed by atoms with Crippen LogP contribution in [0.2, 0.25) is 0 Å². The number of nitrogens with zero attached hydrogens (tertiary/aromatic N) is 2. The van der Waals surface area contributed by atoms with Crippen molar-refractivity contribution in [1.82, 2.24) is 9.97 Å². The Morgan fingerprint density at radius 3 is 2.10 bits per heavy atom. The van der Waals surface area contributed by atoms with Gasteiger partial charge >= 0.3 is 6.18 Å². The van der Waals surface area contributed by atoms with Gasteiger partial charge in [-0.3, -0.25) is 9.78 Å². The van der Waals surface area contributed by atoms with Crippen molar-refractivity contribution in [2.24, 2.45) is 0 Å². The van der Waals surface area contributed by atoms with Gasteiger partial charge in [-0.05, 0) is 42.5 Å². The third-order valence-electron chi connectivity index (χ3n) is 5.54. The Bertz CT molecular complexity index is 1430. The number of aldehydes is 1. The Hall–Kier alpha value is -4.84. The second-order valence-corrected chi connectivity index (χ2v) is 8.18. The highest BCUT2D eigenvalue weighted by molar-refractivity contribution is 5.84. The Kier molecular flexibility index (Phi) is 8.15. The van der Waals surface area contributed by atoms with Crippen molar-refractivity contribution in [3.05, 3.63) is 84.2 Å². The number of alkyl halides is 3. The Morgan fingerprint density at radius 2 is 1.54 bits per heavy atom. The number of halogens is 3. The monoisotopic (exact) mass is 539 g/mol. The van der Waals surface area contributed by atoms with Gasteiger partial charge in [0.2, 0.25) is 6.35 Å². The molecule has 4 rings (SSSR count). The summed E-state index contributed by atoms with van der Waals surface area (Å²) in [5, 5.41) is 18.8. The van der Waals surface area contributed by atoms with Gasteiger partial charge in [-0.25, -0.2) is 4.98 Å². The lowest BCUT2D eigenvalue weighted by molar-refractivity contribution is -0.137. The standard InChI is InChI=1S/C27H24F3N5O4/c1-38-23-12-21(11-17(15-36)25(23)39-2)32-24-14-31-13-22(35-24)16-3-7-19(8-4-16)33-26(37)34-20-9-5-18(6-10-20)27(28,29)30/h3-15,26,33-34,37H,1-2H3,(H,32,35). The van der Waals surface area contributed by atoms with E-state index < -0.39 is 18.1 Å². The molecule has 9 nitrogen and oxygen atoms in total. The molecule has 1 aromatic heterocycles. The smallest absolute Gasteiger partial charge is 0.416 e. The Balaban J connectivity index is 1.42. The van der Waals surface area contributed by atoms with Crippen molar-refractivity contribution >= 4 is 29.2 Å². The normalized spacial score (nSPS) is 11.8. The summed E-state index contributed by atoms with van der Waals surface area (Å²) >= 11 is 0. The fourth-order valence-electron chi connectivity index (χ4n) is 3.71. The lowest BCUT2D eigenvalue weighted by Gasteiger charge is -2.17. The molecular formula is C27H24F3N5O4. The van der Waals surface area contributed by atoms with Crippen LogP contribution < -0.4 is 25.4 Å². The van der Waals surface area contributed by atoms with Crippen LogP contribution in [0.1, 0.15) is 15.9 Å². The summed E-state index contributed by atoms with van der Waals surface area (Å²) in [4.78, 5) is 20.3. The second-order valence-electron chi connectivity index (χ2n) is 8.18. The van der Waals surface area contributed by atoms with E-state index in [1.54, 1.807) is 42.6 Å². The Labute approximate surface area is 221 Å². The fourth-order valence-corrected chi connectivity index (χ4v) is 3.71. The molecule has 4 aromatic rings. The molecule has 1 heterocycles. The maximum absolute atomic E-state index is 12.7. The van der Waals surface area contributed by atoms with E-state index in [1.807, 2.05) is 0 Å². The van der Waals surface area contributed by atoms with Crippen LogP contribution >= 0.6 is 0 Å². The van der Waals surface area contributed by atoms with Crippen molar-refractivity contribution in [2.75, 3.05) is 30.2 Å². The maximum atomic E-state index is 12.7. The summed E-state index contributed by atoms with van der Waals surface area (Å²) in [6, 6.07) is 14.6. The van der Waals surface area contributed by atoms with Crippen LogP contribution in [0.5, 0.6) is 11.5 Å². The minimum atomic E-state index is -4.43. The lowest BCUT2D eigenvalue weighted by Crippen LogP contribution is -2.27. The van der Waals surface area contributed by atoms with Gasteiger partial charge in [0.25, 0.3) is 0 Å². The number of benzene rings is 3. The zero-order valence-electron chi connectivity index (χ0n) is 20.8. The van der Waals surface area contributed by atoms with Gasteiger partial charge in [0.05, 0.1) is 43.4 Å². The number of carbonyl (C=O) groups excluding carboxylic acids is 1. The van der Waals surface area contributed by atoms with Gasteiger partial charge in [-0.15, -0.1) is 0 Å². The molecule has 0 aliphatic heterocycles. The third kappa shape index (κ3) is 6.73. The molecule has 0 bridgehead atoms. The Morgan fingerprint density at radius 1 is 0.897 bits per heavy atom. The number of ether oxygens (including phenoxy) is 2. The topological polar surface area (TPSA) is 118 Å². The summed E-state index contributed by atoms with van der Waals surface area (Å²) < 4.78 is 48.7. The molecule has 0 amide bonds. The van der Waals surface area contributed by atoms with Crippen LogP contribution in [0.4, 0.5) is 36.1 Å². The molecule has 0 saturated heterocycles. The minimum absolute atomic E-state index is 0.307. The molecule has 39 heavy (non-hydrogen) atoms. The highest BCUT2D eigenvalue weighted by atomic mass is 19.4. The van der Waals surface area contributed by atoms with Crippen LogP contribution in [0, 0.1) is 0 Å². The van der Waals surface area contributed by atoms with Crippen molar-refractivity contribution < 1.29 is 32.5 Å². The molecule has 0 aliphatic rings. The highest BCUT2D eigenvalue weighted by Crippen LogP contribution is 2.35.